The molecule has 3 aromatic rings. The summed E-state index contributed by atoms with van der Waals surface area (Å²) in [4.78, 5) is 24.5. The quantitative estimate of drug-likeness (QED) is 0.601. The smallest absolute Gasteiger partial charge is 0.263 e. The van der Waals surface area contributed by atoms with Crippen LogP contribution < -0.4 is 5.32 Å². The minimum absolute atomic E-state index is 0.0878. The molecule has 0 aliphatic carbocycles. The fourth-order valence-corrected chi connectivity index (χ4v) is 5.09. The van der Waals surface area contributed by atoms with Gasteiger partial charge < -0.3 is 5.32 Å². The molecule has 2 atom stereocenters. The Morgan fingerprint density at radius 3 is 2.81 bits per heavy atom. The first-order chi connectivity index (χ1) is 14.6. The van der Waals surface area contributed by atoms with E-state index in [0.29, 0.717) is 21.4 Å². The molecule has 1 aliphatic rings. The fraction of sp³-hybridized carbons (Fsp3) is 0.429. The number of H-pyrrole nitrogens is 1. The Balaban J connectivity index is 1.62. The summed E-state index contributed by atoms with van der Waals surface area (Å²) < 4.78 is 14.2. The monoisotopic (exact) mass is 462 g/mol. The topological polar surface area (TPSA) is 86.8 Å². The van der Waals surface area contributed by atoms with E-state index in [-0.39, 0.29) is 28.6 Å². The van der Waals surface area contributed by atoms with E-state index in [1.54, 1.807) is 13.0 Å². The van der Waals surface area contributed by atoms with Crippen LogP contribution in [0.15, 0.2) is 24.5 Å². The molecule has 0 bridgehead atoms. The second-order valence-corrected chi connectivity index (χ2v) is 10.0. The molecule has 3 heterocycles. The lowest BCUT2D eigenvalue weighted by atomic mass is 9.96. The van der Waals surface area contributed by atoms with Gasteiger partial charge in [-0.1, -0.05) is 17.7 Å². The fourth-order valence-electron chi connectivity index (χ4n) is 4.06. The molecule has 1 saturated heterocycles. The molecule has 0 spiro atoms. The van der Waals surface area contributed by atoms with Crippen molar-refractivity contribution in [2.24, 2.45) is 0 Å². The van der Waals surface area contributed by atoms with Crippen LogP contribution in [0.2, 0.25) is 5.02 Å². The van der Waals surface area contributed by atoms with Crippen LogP contribution in [0.3, 0.4) is 0 Å². The molecule has 164 valence electrons. The molecule has 1 amide bonds. The number of aryl methyl sites for hydroxylation is 1. The highest BCUT2D eigenvalue weighted by molar-refractivity contribution is 7.17. The first kappa shape index (κ1) is 21.9. The summed E-state index contributed by atoms with van der Waals surface area (Å²) in [5, 5.41) is 10.5. The summed E-state index contributed by atoms with van der Waals surface area (Å²) in [5.74, 6) is -0.123. The number of nitrogens with one attached hydrogen (secondary N) is 2. The summed E-state index contributed by atoms with van der Waals surface area (Å²) in [7, 11) is 0. The lowest BCUT2D eigenvalue weighted by molar-refractivity contribution is 0.0880. The van der Waals surface area contributed by atoms with Gasteiger partial charge in [0.1, 0.15) is 17.0 Å². The Morgan fingerprint density at radius 1 is 1.39 bits per heavy atom. The standard InChI is InChI=1S/C21H24ClFN6OS/c1-11-17(31-20(26-11)18-24-10-25-28-18)19(30)27-15-7-8-29(21(2,3)4)16(15)12-5-6-13(22)14(23)9-12/h5-6,9-10,15-16H,7-8H2,1-4H3,(H,27,30)(H,24,25,28)/t15-,16+/m1/s1. The van der Waals surface area contributed by atoms with Crippen molar-refractivity contribution in [2.45, 2.75) is 51.7 Å². The molecule has 0 unspecified atom stereocenters. The van der Waals surface area contributed by atoms with Crippen molar-refractivity contribution < 1.29 is 9.18 Å². The van der Waals surface area contributed by atoms with Gasteiger partial charge in [-0.25, -0.2) is 14.4 Å². The first-order valence-corrected chi connectivity index (χ1v) is 11.2. The van der Waals surface area contributed by atoms with E-state index in [1.165, 1.54) is 23.7 Å². The molecule has 0 saturated carbocycles. The molecule has 0 radical (unpaired) electrons. The Bertz CT molecular complexity index is 1090. The van der Waals surface area contributed by atoms with Crippen LogP contribution in [0.5, 0.6) is 0 Å². The van der Waals surface area contributed by atoms with Crippen LogP contribution in [0.25, 0.3) is 10.8 Å². The molecular formula is C21H24ClFN6OS. The summed E-state index contributed by atoms with van der Waals surface area (Å²) >= 11 is 7.17. The maximum Gasteiger partial charge on any atom is 0.263 e. The number of aromatic nitrogens is 4. The molecule has 10 heteroatoms. The SMILES string of the molecule is Cc1nc(-c2ncn[nH]2)sc1C(=O)N[C@@H]1CCN(C(C)(C)C)[C@H]1c1ccc(Cl)c(F)c1. The van der Waals surface area contributed by atoms with Gasteiger partial charge in [0.25, 0.3) is 5.91 Å². The first-order valence-electron chi connectivity index (χ1n) is 10.0. The van der Waals surface area contributed by atoms with Crippen LogP contribution in [0, 0.1) is 12.7 Å². The van der Waals surface area contributed by atoms with Gasteiger partial charge in [0.2, 0.25) is 0 Å². The Morgan fingerprint density at radius 2 is 2.16 bits per heavy atom. The summed E-state index contributed by atoms with van der Waals surface area (Å²) in [6, 6.07) is 4.52. The molecule has 7 nitrogen and oxygen atoms in total. The maximum absolute atomic E-state index is 14.2. The molecule has 1 fully saturated rings. The number of aromatic amines is 1. The summed E-state index contributed by atoms with van der Waals surface area (Å²) in [6.45, 7) is 8.94. The Kier molecular flexibility index (Phi) is 5.85. The van der Waals surface area contributed by atoms with E-state index >= 15 is 0 Å². The van der Waals surface area contributed by atoms with E-state index in [2.05, 4.69) is 51.2 Å². The van der Waals surface area contributed by atoms with Gasteiger partial charge in [-0.15, -0.1) is 11.3 Å². The van der Waals surface area contributed by atoms with Gasteiger partial charge in [0.05, 0.1) is 22.8 Å². The third-order valence-electron chi connectivity index (χ3n) is 5.48. The Labute approximate surface area is 189 Å². The lowest BCUT2D eigenvalue weighted by Crippen LogP contribution is -2.45. The predicted molar refractivity (Wildman–Crippen MR) is 119 cm³/mol. The van der Waals surface area contributed by atoms with Crippen molar-refractivity contribution >= 4 is 28.8 Å². The average molecular weight is 463 g/mol. The van der Waals surface area contributed by atoms with Crippen molar-refractivity contribution in [1.82, 2.24) is 30.4 Å². The Hall–Kier alpha value is -2.36. The van der Waals surface area contributed by atoms with Crippen LogP contribution in [-0.4, -0.2) is 49.1 Å². The second-order valence-electron chi connectivity index (χ2n) is 8.62. The number of likely N-dealkylation sites (tertiary alicyclic amines) is 1. The number of carbonyl (C=O) groups is 1. The maximum atomic E-state index is 14.2. The third kappa shape index (κ3) is 4.35. The van der Waals surface area contributed by atoms with E-state index in [4.69, 9.17) is 11.6 Å². The van der Waals surface area contributed by atoms with Gasteiger partial charge in [-0.3, -0.25) is 14.8 Å². The minimum Gasteiger partial charge on any atom is -0.347 e. The zero-order chi connectivity index (χ0) is 22.3. The van der Waals surface area contributed by atoms with Crippen LogP contribution in [-0.2, 0) is 0 Å². The number of benzene rings is 1. The summed E-state index contributed by atoms with van der Waals surface area (Å²) in [5.41, 5.74) is 1.27. The van der Waals surface area contributed by atoms with Gasteiger partial charge >= 0.3 is 0 Å². The van der Waals surface area contributed by atoms with Crippen LogP contribution >= 0.6 is 22.9 Å². The van der Waals surface area contributed by atoms with Crippen molar-refractivity contribution in [3.8, 4) is 10.8 Å². The minimum atomic E-state index is -0.458. The van der Waals surface area contributed by atoms with Crippen LogP contribution in [0.4, 0.5) is 4.39 Å². The van der Waals surface area contributed by atoms with Gasteiger partial charge in [0.15, 0.2) is 10.8 Å². The second kappa shape index (κ2) is 8.29. The number of halogens is 2. The highest BCUT2D eigenvalue weighted by Crippen LogP contribution is 2.39. The van der Waals surface area contributed by atoms with Crippen molar-refractivity contribution in [3.63, 3.8) is 0 Å². The lowest BCUT2D eigenvalue weighted by Gasteiger charge is -2.39. The molecule has 2 aromatic heterocycles. The van der Waals surface area contributed by atoms with Gasteiger partial charge in [-0.05, 0) is 51.8 Å². The molecule has 1 aromatic carbocycles. The number of carbonyl (C=O) groups excluding carboxylic acids is 1. The number of amides is 1. The van der Waals surface area contributed by atoms with Crippen LogP contribution in [0.1, 0.15) is 54.2 Å². The number of rotatable bonds is 4. The van der Waals surface area contributed by atoms with Crippen molar-refractivity contribution in [3.05, 3.63) is 51.5 Å². The zero-order valence-corrected chi connectivity index (χ0v) is 19.3. The average Bonchev–Trinajstić information content (AvgIpc) is 3.42. The number of hydrogen-bond acceptors (Lipinski definition) is 6. The number of nitrogens with zero attached hydrogens (tertiary/aromatic N) is 4. The van der Waals surface area contributed by atoms with Gasteiger partial charge in [-0.2, -0.15) is 5.10 Å². The molecule has 31 heavy (non-hydrogen) atoms. The molecular weight excluding hydrogens is 439 g/mol. The van der Waals surface area contributed by atoms with E-state index in [1.807, 2.05) is 6.07 Å². The van der Waals surface area contributed by atoms with Gasteiger partial charge in [0, 0.05) is 12.1 Å². The van der Waals surface area contributed by atoms with Crippen molar-refractivity contribution in [1.29, 1.82) is 0 Å². The highest BCUT2D eigenvalue weighted by Gasteiger charge is 2.41. The van der Waals surface area contributed by atoms with E-state index < -0.39 is 5.82 Å². The van der Waals surface area contributed by atoms with E-state index in [0.717, 1.165) is 18.5 Å². The molecule has 2 N–H and O–H groups in total. The molecule has 1 aliphatic heterocycles. The normalized spacial score (nSPS) is 19.7. The predicted octanol–water partition coefficient (Wildman–Crippen LogP) is 4.37. The molecule has 4 rings (SSSR count). The van der Waals surface area contributed by atoms with Crippen molar-refractivity contribution in [2.75, 3.05) is 6.54 Å². The van der Waals surface area contributed by atoms with E-state index in [9.17, 15) is 9.18 Å². The third-order valence-corrected chi connectivity index (χ3v) is 6.95. The number of thiazole rings is 1. The number of hydrogen-bond donors (Lipinski definition) is 2. The highest BCUT2D eigenvalue weighted by atomic mass is 35.5. The zero-order valence-electron chi connectivity index (χ0n) is 17.7. The largest absolute Gasteiger partial charge is 0.347 e. The summed E-state index contributed by atoms with van der Waals surface area (Å²) in [6.07, 6.45) is 2.16.